The number of halogens is 2. The largest absolute Gasteiger partial charge is 0.481 e. The number of carboxylic acid groups (broad SMARTS) is 1. The number of carboxylic acids is 1. The molecule has 0 spiro atoms. The molecule has 1 heterocycles. The fourth-order valence-corrected chi connectivity index (χ4v) is 2.97. The third-order valence-electron chi connectivity index (χ3n) is 3.65. The molecular formula is C14H15BrClNO3. The van der Waals surface area contributed by atoms with Crippen LogP contribution in [0.1, 0.15) is 30.1 Å². The predicted molar refractivity (Wildman–Crippen MR) is 80.0 cm³/mol. The van der Waals surface area contributed by atoms with E-state index in [0.29, 0.717) is 23.4 Å². The molecule has 1 amide bonds. The van der Waals surface area contributed by atoms with Crippen molar-refractivity contribution in [2.45, 2.75) is 25.8 Å². The quantitative estimate of drug-likeness (QED) is 0.879. The molecule has 108 valence electrons. The van der Waals surface area contributed by atoms with Gasteiger partial charge in [-0.2, -0.15) is 0 Å². The topological polar surface area (TPSA) is 57.6 Å². The Kier molecular flexibility index (Phi) is 4.70. The van der Waals surface area contributed by atoms with Crippen molar-refractivity contribution in [3.8, 4) is 0 Å². The zero-order valence-corrected chi connectivity index (χ0v) is 13.3. The van der Waals surface area contributed by atoms with Crippen molar-refractivity contribution in [3.05, 3.63) is 33.3 Å². The summed E-state index contributed by atoms with van der Waals surface area (Å²) in [5.41, 5.74) is 0.402. The number of rotatable bonds is 2. The van der Waals surface area contributed by atoms with Crippen LogP contribution in [0, 0.1) is 5.92 Å². The Morgan fingerprint density at radius 3 is 2.75 bits per heavy atom. The van der Waals surface area contributed by atoms with Gasteiger partial charge in [0.05, 0.1) is 16.5 Å². The van der Waals surface area contributed by atoms with Gasteiger partial charge < -0.3 is 10.0 Å². The molecule has 1 aromatic carbocycles. The Bertz CT molecular complexity index is 549. The van der Waals surface area contributed by atoms with E-state index >= 15 is 0 Å². The zero-order valence-electron chi connectivity index (χ0n) is 11.0. The molecule has 2 unspecified atom stereocenters. The van der Waals surface area contributed by atoms with Gasteiger partial charge in [-0.25, -0.2) is 0 Å². The number of carbonyl (C=O) groups excluding carboxylic acids is 1. The lowest BCUT2D eigenvalue weighted by molar-refractivity contribution is -0.143. The van der Waals surface area contributed by atoms with Gasteiger partial charge in [0.25, 0.3) is 5.91 Å². The molecule has 1 saturated heterocycles. The summed E-state index contributed by atoms with van der Waals surface area (Å²) in [7, 11) is 0. The lowest BCUT2D eigenvalue weighted by Gasteiger charge is -2.36. The highest BCUT2D eigenvalue weighted by Gasteiger charge is 2.33. The molecule has 1 aromatic rings. The lowest BCUT2D eigenvalue weighted by atomic mass is 9.93. The summed E-state index contributed by atoms with van der Waals surface area (Å²) in [4.78, 5) is 25.3. The van der Waals surface area contributed by atoms with Crippen molar-refractivity contribution < 1.29 is 14.7 Å². The summed E-state index contributed by atoms with van der Waals surface area (Å²) >= 11 is 9.39. The predicted octanol–water partition coefficient (Wildman–Crippen LogP) is 3.43. The smallest absolute Gasteiger partial charge is 0.308 e. The molecule has 0 aromatic heterocycles. The molecule has 6 heteroatoms. The summed E-state index contributed by atoms with van der Waals surface area (Å²) in [6, 6.07) is 5.11. The molecule has 2 rings (SSSR count). The number of benzene rings is 1. The Balaban J connectivity index is 2.26. The second kappa shape index (κ2) is 6.14. The fraction of sp³-hybridized carbons (Fsp3) is 0.429. The molecule has 1 fully saturated rings. The minimum atomic E-state index is -0.852. The SMILES string of the molecule is CC1CCC(C(=O)O)CN1C(=O)c1cc(Br)ccc1Cl. The molecule has 0 radical (unpaired) electrons. The van der Waals surface area contributed by atoms with Gasteiger partial charge in [0.2, 0.25) is 0 Å². The molecule has 0 aliphatic carbocycles. The van der Waals surface area contributed by atoms with Gasteiger partial charge in [-0.15, -0.1) is 0 Å². The highest BCUT2D eigenvalue weighted by Crippen LogP contribution is 2.27. The summed E-state index contributed by atoms with van der Waals surface area (Å²) in [5.74, 6) is -1.56. The number of hydrogen-bond donors (Lipinski definition) is 1. The van der Waals surface area contributed by atoms with Crippen LogP contribution in [0.5, 0.6) is 0 Å². The van der Waals surface area contributed by atoms with E-state index in [1.165, 1.54) is 0 Å². The van der Waals surface area contributed by atoms with Gasteiger partial charge in [0.15, 0.2) is 0 Å². The molecular weight excluding hydrogens is 346 g/mol. The molecule has 20 heavy (non-hydrogen) atoms. The monoisotopic (exact) mass is 359 g/mol. The van der Waals surface area contributed by atoms with Crippen molar-refractivity contribution in [2.75, 3.05) is 6.54 Å². The van der Waals surface area contributed by atoms with E-state index in [0.717, 1.165) is 4.47 Å². The van der Waals surface area contributed by atoms with E-state index in [9.17, 15) is 9.59 Å². The Morgan fingerprint density at radius 1 is 1.40 bits per heavy atom. The van der Waals surface area contributed by atoms with Crippen LogP contribution >= 0.6 is 27.5 Å². The molecule has 4 nitrogen and oxygen atoms in total. The summed E-state index contributed by atoms with van der Waals surface area (Å²) in [5, 5.41) is 9.50. The van der Waals surface area contributed by atoms with E-state index < -0.39 is 11.9 Å². The number of hydrogen-bond acceptors (Lipinski definition) is 2. The highest BCUT2D eigenvalue weighted by atomic mass is 79.9. The number of amides is 1. The first-order valence-electron chi connectivity index (χ1n) is 6.39. The second-order valence-corrected chi connectivity index (χ2v) is 6.37. The summed E-state index contributed by atoms with van der Waals surface area (Å²) in [6.45, 7) is 2.17. The van der Waals surface area contributed by atoms with Gasteiger partial charge in [-0.05, 0) is 38.0 Å². The minimum Gasteiger partial charge on any atom is -0.481 e. The highest BCUT2D eigenvalue weighted by molar-refractivity contribution is 9.10. The first kappa shape index (κ1) is 15.3. The van der Waals surface area contributed by atoms with E-state index in [1.54, 1.807) is 23.1 Å². The van der Waals surface area contributed by atoms with Gasteiger partial charge in [-0.3, -0.25) is 9.59 Å². The van der Waals surface area contributed by atoms with Crippen molar-refractivity contribution >= 4 is 39.4 Å². The van der Waals surface area contributed by atoms with Gasteiger partial charge >= 0.3 is 5.97 Å². The van der Waals surface area contributed by atoms with Gasteiger partial charge in [0, 0.05) is 17.1 Å². The third-order valence-corrected chi connectivity index (χ3v) is 4.47. The maximum atomic E-state index is 12.6. The standard InChI is InChI=1S/C14H15BrClNO3/c1-8-2-3-9(14(19)20)7-17(8)13(18)11-6-10(15)4-5-12(11)16/h4-6,8-9H,2-3,7H2,1H3,(H,19,20). The zero-order chi connectivity index (χ0) is 14.9. The Morgan fingerprint density at radius 2 is 2.10 bits per heavy atom. The summed E-state index contributed by atoms with van der Waals surface area (Å²) < 4.78 is 0.768. The Labute approximate surface area is 130 Å². The van der Waals surface area contributed by atoms with Crippen LogP contribution in [0.25, 0.3) is 0 Å². The van der Waals surface area contributed by atoms with Crippen LogP contribution in [0.15, 0.2) is 22.7 Å². The van der Waals surface area contributed by atoms with Crippen molar-refractivity contribution in [2.24, 2.45) is 5.92 Å². The van der Waals surface area contributed by atoms with E-state index in [-0.39, 0.29) is 18.5 Å². The molecule has 0 saturated carbocycles. The van der Waals surface area contributed by atoms with E-state index in [1.807, 2.05) is 6.92 Å². The minimum absolute atomic E-state index is 0.0214. The molecule has 2 atom stereocenters. The molecule has 0 bridgehead atoms. The van der Waals surface area contributed by atoms with Gasteiger partial charge in [0.1, 0.15) is 0 Å². The average Bonchev–Trinajstić information content (AvgIpc) is 2.41. The second-order valence-electron chi connectivity index (χ2n) is 5.04. The molecule has 1 aliphatic heterocycles. The van der Waals surface area contributed by atoms with Crippen LogP contribution in [-0.2, 0) is 4.79 Å². The van der Waals surface area contributed by atoms with Crippen molar-refractivity contribution in [1.29, 1.82) is 0 Å². The normalized spacial score (nSPS) is 22.6. The number of piperidine rings is 1. The number of carbonyl (C=O) groups is 2. The van der Waals surface area contributed by atoms with E-state index in [4.69, 9.17) is 16.7 Å². The molecule has 1 aliphatic rings. The summed E-state index contributed by atoms with van der Waals surface area (Å²) in [6.07, 6.45) is 1.29. The van der Waals surface area contributed by atoms with E-state index in [2.05, 4.69) is 15.9 Å². The maximum absolute atomic E-state index is 12.6. The first-order chi connectivity index (χ1) is 9.40. The number of aliphatic carboxylic acids is 1. The van der Waals surface area contributed by atoms with Crippen LogP contribution in [0.4, 0.5) is 0 Å². The molecule has 1 N–H and O–H groups in total. The first-order valence-corrected chi connectivity index (χ1v) is 7.56. The number of likely N-dealkylation sites (tertiary alicyclic amines) is 1. The van der Waals surface area contributed by atoms with Crippen LogP contribution in [0.2, 0.25) is 5.02 Å². The maximum Gasteiger partial charge on any atom is 0.308 e. The fourth-order valence-electron chi connectivity index (χ4n) is 2.41. The third kappa shape index (κ3) is 3.15. The van der Waals surface area contributed by atoms with Crippen LogP contribution in [0.3, 0.4) is 0 Å². The van der Waals surface area contributed by atoms with Crippen LogP contribution < -0.4 is 0 Å². The Hall–Kier alpha value is -1.07. The van der Waals surface area contributed by atoms with Crippen molar-refractivity contribution in [3.63, 3.8) is 0 Å². The lowest BCUT2D eigenvalue weighted by Crippen LogP contribution is -2.47. The number of nitrogens with zero attached hydrogens (tertiary/aromatic N) is 1. The van der Waals surface area contributed by atoms with Gasteiger partial charge in [-0.1, -0.05) is 27.5 Å². The van der Waals surface area contributed by atoms with Crippen molar-refractivity contribution in [1.82, 2.24) is 4.90 Å². The van der Waals surface area contributed by atoms with Crippen LogP contribution in [-0.4, -0.2) is 34.5 Å². The average molecular weight is 361 g/mol.